The largest absolute Gasteiger partial charge is 0.422 e. The molecule has 0 N–H and O–H groups in total. The Morgan fingerprint density at radius 3 is 1.75 bits per heavy atom. The molecule has 0 saturated carbocycles. The number of hydrogen-bond acceptors (Lipinski definition) is 4. The van der Waals surface area contributed by atoms with Crippen molar-refractivity contribution in [3.63, 3.8) is 0 Å². The SMILES string of the molecule is C=CC(=O)OC(C)OC(=O)C=C. The second-order valence-corrected chi connectivity index (χ2v) is 1.85. The van der Waals surface area contributed by atoms with Crippen molar-refractivity contribution < 1.29 is 19.1 Å². The maximum atomic E-state index is 10.5. The maximum Gasteiger partial charge on any atom is 0.333 e. The zero-order chi connectivity index (χ0) is 9.56. The van der Waals surface area contributed by atoms with Crippen LogP contribution >= 0.6 is 0 Å². The molecule has 0 atom stereocenters. The summed E-state index contributed by atoms with van der Waals surface area (Å²) in [6, 6.07) is 0. The van der Waals surface area contributed by atoms with Gasteiger partial charge in [-0.05, 0) is 0 Å². The second kappa shape index (κ2) is 5.12. The normalized spacial score (nSPS) is 8.83. The van der Waals surface area contributed by atoms with Crippen molar-refractivity contribution >= 4 is 11.9 Å². The predicted octanol–water partition coefficient (Wildman–Crippen LogP) is 0.791. The van der Waals surface area contributed by atoms with E-state index in [0.29, 0.717) is 0 Å². The molecule has 0 amide bonds. The van der Waals surface area contributed by atoms with Crippen LogP contribution in [-0.4, -0.2) is 18.2 Å². The smallest absolute Gasteiger partial charge is 0.333 e. The van der Waals surface area contributed by atoms with Crippen LogP contribution in [0.4, 0.5) is 0 Å². The molecule has 66 valence electrons. The Kier molecular flexibility index (Phi) is 4.45. The lowest BCUT2D eigenvalue weighted by atomic mass is 10.6. The van der Waals surface area contributed by atoms with Gasteiger partial charge in [0.15, 0.2) is 0 Å². The molecule has 0 unspecified atom stereocenters. The molecule has 0 spiro atoms. The van der Waals surface area contributed by atoms with Gasteiger partial charge in [-0.25, -0.2) is 9.59 Å². The van der Waals surface area contributed by atoms with E-state index >= 15 is 0 Å². The fraction of sp³-hybridized carbons (Fsp3) is 0.250. The Morgan fingerprint density at radius 1 is 1.17 bits per heavy atom. The molecule has 0 radical (unpaired) electrons. The van der Waals surface area contributed by atoms with Crippen molar-refractivity contribution in [2.45, 2.75) is 13.2 Å². The molecule has 0 saturated heterocycles. The molecular formula is C8H10O4. The zero-order valence-corrected chi connectivity index (χ0v) is 6.78. The van der Waals surface area contributed by atoms with Gasteiger partial charge in [0.2, 0.25) is 6.29 Å². The Balaban J connectivity index is 3.80. The third-order valence-corrected chi connectivity index (χ3v) is 0.898. The van der Waals surface area contributed by atoms with Gasteiger partial charge < -0.3 is 9.47 Å². The quantitative estimate of drug-likeness (QED) is 0.355. The van der Waals surface area contributed by atoms with Crippen LogP contribution in [0.15, 0.2) is 25.3 Å². The van der Waals surface area contributed by atoms with E-state index in [1.807, 2.05) is 0 Å². The highest BCUT2D eigenvalue weighted by atomic mass is 16.7. The summed E-state index contributed by atoms with van der Waals surface area (Å²) in [5.41, 5.74) is 0. The van der Waals surface area contributed by atoms with Crippen LogP contribution in [0.5, 0.6) is 0 Å². The molecule has 0 heterocycles. The summed E-state index contributed by atoms with van der Waals surface area (Å²) in [7, 11) is 0. The van der Waals surface area contributed by atoms with Crippen molar-refractivity contribution in [1.82, 2.24) is 0 Å². The van der Waals surface area contributed by atoms with Crippen LogP contribution in [0.25, 0.3) is 0 Å². The molecule has 0 aliphatic heterocycles. The summed E-state index contributed by atoms with van der Waals surface area (Å²) in [4.78, 5) is 21.1. The molecule has 0 aromatic carbocycles. The van der Waals surface area contributed by atoms with E-state index < -0.39 is 18.2 Å². The van der Waals surface area contributed by atoms with Crippen LogP contribution in [0.2, 0.25) is 0 Å². The van der Waals surface area contributed by atoms with E-state index in [1.54, 1.807) is 0 Å². The van der Waals surface area contributed by atoms with Crippen molar-refractivity contribution in [2.24, 2.45) is 0 Å². The highest BCUT2D eigenvalue weighted by Crippen LogP contribution is 1.95. The van der Waals surface area contributed by atoms with Gasteiger partial charge in [0.1, 0.15) is 0 Å². The lowest BCUT2D eigenvalue weighted by molar-refractivity contribution is -0.177. The minimum Gasteiger partial charge on any atom is -0.422 e. The van der Waals surface area contributed by atoms with Crippen LogP contribution in [0.3, 0.4) is 0 Å². The Bertz CT molecular complexity index is 185. The molecule has 0 aromatic rings. The van der Waals surface area contributed by atoms with E-state index in [2.05, 4.69) is 22.6 Å². The topological polar surface area (TPSA) is 52.6 Å². The monoisotopic (exact) mass is 170 g/mol. The average molecular weight is 170 g/mol. The summed E-state index contributed by atoms with van der Waals surface area (Å²) >= 11 is 0. The summed E-state index contributed by atoms with van der Waals surface area (Å²) < 4.78 is 9.05. The van der Waals surface area contributed by atoms with Gasteiger partial charge in [0.05, 0.1) is 0 Å². The first-order valence-corrected chi connectivity index (χ1v) is 3.26. The van der Waals surface area contributed by atoms with E-state index in [9.17, 15) is 9.59 Å². The van der Waals surface area contributed by atoms with Gasteiger partial charge in [-0.3, -0.25) is 0 Å². The molecule has 4 nitrogen and oxygen atoms in total. The standard InChI is InChI=1S/C8H10O4/c1-4-7(9)11-6(3)12-8(10)5-2/h4-6H,1-2H2,3H3. The van der Waals surface area contributed by atoms with Crippen molar-refractivity contribution in [2.75, 3.05) is 0 Å². The van der Waals surface area contributed by atoms with E-state index in [1.165, 1.54) is 6.92 Å². The van der Waals surface area contributed by atoms with Gasteiger partial charge >= 0.3 is 11.9 Å². The minimum absolute atomic E-state index is 0.639. The van der Waals surface area contributed by atoms with Crippen molar-refractivity contribution in [3.8, 4) is 0 Å². The zero-order valence-electron chi connectivity index (χ0n) is 6.78. The molecule has 0 rings (SSSR count). The van der Waals surface area contributed by atoms with E-state index in [-0.39, 0.29) is 0 Å². The minimum atomic E-state index is -0.916. The second-order valence-electron chi connectivity index (χ2n) is 1.85. The predicted molar refractivity (Wildman–Crippen MR) is 42.0 cm³/mol. The van der Waals surface area contributed by atoms with Crippen LogP contribution in [0, 0.1) is 0 Å². The third kappa shape index (κ3) is 4.27. The number of esters is 2. The number of rotatable bonds is 4. The molecule has 0 aliphatic carbocycles. The molecule has 4 heteroatoms. The van der Waals surface area contributed by atoms with E-state index in [4.69, 9.17) is 0 Å². The van der Waals surface area contributed by atoms with Gasteiger partial charge in [-0.15, -0.1) is 0 Å². The van der Waals surface area contributed by atoms with Gasteiger partial charge in [0, 0.05) is 19.1 Å². The molecule has 0 aliphatic rings. The maximum absolute atomic E-state index is 10.5. The lowest BCUT2D eigenvalue weighted by Gasteiger charge is -2.10. The lowest BCUT2D eigenvalue weighted by Crippen LogP contribution is -2.19. The number of ether oxygens (including phenoxy) is 2. The Labute approximate surface area is 70.5 Å². The summed E-state index contributed by atoms with van der Waals surface area (Å²) in [5, 5.41) is 0. The van der Waals surface area contributed by atoms with Crippen LogP contribution in [0.1, 0.15) is 6.92 Å². The first-order valence-electron chi connectivity index (χ1n) is 3.26. The van der Waals surface area contributed by atoms with Crippen LogP contribution < -0.4 is 0 Å². The molecular weight excluding hydrogens is 160 g/mol. The fourth-order valence-corrected chi connectivity index (χ4v) is 0.447. The number of hydrogen-bond donors (Lipinski definition) is 0. The van der Waals surface area contributed by atoms with Gasteiger partial charge in [0.25, 0.3) is 0 Å². The van der Waals surface area contributed by atoms with Crippen LogP contribution in [-0.2, 0) is 19.1 Å². The first kappa shape index (κ1) is 10.4. The highest BCUT2D eigenvalue weighted by Gasteiger charge is 2.08. The van der Waals surface area contributed by atoms with Crippen molar-refractivity contribution in [3.05, 3.63) is 25.3 Å². The molecule has 12 heavy (non-hydrogen) atoms. The Hall–Kier alpha value is -1.58. The summed E-state index contributed by atoms with van der Waals surface area (Å²) in [6.45, 7) is 7.78. The van der Waals surface area contributed by atoms with E-state index in [0.717, 1.165) is 12.2 Å². The fourth-order valence-electron chi connectivity index (χ4n) is 0.447. The Morgan fingerprint density at radius 2 is 1.50 bits per heavy atom. The van der Waals surface area contributed by atoms with Gasteiger partial charge in [-0.1, -0.05) is 13.2 Å². The summed E-state index contributed by atoms with van der Waals surface area (Å²) in [5.74, 6) is -1.28. The van der Waals surface area contributed by atoms with Gasteiger partial charge in [-0.2, -0.15) is 0 Å². The molecule has 0 aromatic heterocycles. The average Bonchev–Trinajstić information content (AvgIpc) is 2.03. The third-order valence-electron chi connectivity index (χ3n) is 0.898. The summed E-state index contributed by atoms with van der Waals surface area (Å²) in [6.07, 6.45) is 1.05. The first-order chi connectivity index (χ1) is 5.60. The number of carbonyl (C=O) groups excluding carboxylic acids is 2. The number of carbonyl (C=O) groups is 2. The highest BCUT2D eigenvalue weighted by molar-refractivity contribution is 5.82. The molecule has 0 bridgehead atoms. The molecule has 0 fully saturated rings. The van der Waals surface area contributed by atoms with Crippen molar-refractivity contribution in [1.29, 1.82) is 0 Å².